The maximum atomic E-state index is 16.4. The van der Waals surface area contributed by atoms with Crippen LogP contribution in [0.15, 0.2) is 11.6 Å². The number of carboxylic acids is 1. The first-order valence-corrected chi connectivity index (χ1v) is 48.4. The number of carbonyl (C=O) groups is 5. The van der Waals surface area contributed by atoms with Gasteiger partial charge in [0.15, 0.2) is 62.3 Å². The van der Waals surface area contributed by atoms with Crippen molar-refractivity contribution in [2.75, 3.05) is 33.0 Å². The van der Waals surface area contributed by atoms with Gasteiger partial charge in [0.1, 0.15) is 158 Å². The number of hydrogen-bond donors (Lipinski definition) is 23. The molecule has 0 amide bonds. The summed E-state index contributed by atoms with van der Waals surface area (Å²) in [6, 6.07) is 0. The first-order valence-electron chi connectivity index (χ1n) is 48.4. The number of rotatable bonds is 34. The number of fused-ring (bicyclic) bond motifs is 7. The number of carboxylic acid groups (broad SMARTS) is 1. The second-order valence-corrected chi connectivity index (χ2v) is 42.5. The van der Waals surface area contributed by atoms with Crippen LogP contribution >= 0.6 is 0 Å². The molecule has 138 heavy (non-hydrogen) atoms. The lowest BCUT2D eigenvalue weighted by Crippen LogP contribution is -2.69. The van der Waals surface area contributed by atoms with Gasteiger partial charge >= 0.3 is 23.9 Å². The maximum absolute atomic E-state index is 16.4. The number of aldehydes is 1. The summed E-state index contributed by atoms with van der Waals surface area (Å²) >= 11 is 0. The summed E-state index contributed by atoms with van der Waals surface area (Å²) in [6.07, 6.45) is -69.7. The van der Waals surface area contributed by atoms with Gasteiger partial charge in [0.25, 0.3) is 0 Å². The SMILES string of the molecule is CC[C@H](C)[C@H](C[C@H](O)CC(=O)O[C@@H]1C(C)O[C@@H](OC(=O)[C@]23CCC(C)(C)CC2C2=CCC4[C@@]5(C)CC[C@H](O[C@@H]6OC(C(=O)O)[C@@H](O)[C@H](O[C@@H]7OC[C@@H](O)[C@H](O)C7O)C6O[C@@H]6OC(CO)[C@H](O)[C@H](O)C6O)[C@@](C)(C=O)C5CC[C@@]4(C)[C@]2(C)C[C@H]3O)[C@H](O[C@@H]2OC(C)[C@H](O[C@@H]3OCC(O)[C@H](O[C@@H]4OCC(O)[C@H](O)C4O)C3O)C(O)[C@@H]2O)C1O)OC(=O)C[C@@H](O)C[C@H](O[C@@H]1O[C@@H](CO)C(O)C1O)[C@@H](C)CC. The van der Waals surface area contributed by atoms with Crippen LogP contribution < -0.4 is 0 Å². The molecule has 52 atom stereocenters. The van der Waals surface area contributed by atoms with E-state index in [0.717, 1.165) is 11.9 Å². The van der Waals surface area contributed by atoms with Gasteiger partial charge in [-0.15, -0.1) is 0 Å². The van der Waals surface area contributed by atoms with Crippen molar-refractivity contribution in [3.05, 3.63) is 11.6 Å². The van der Waals surface area contributed by atoms with Gasteiger partial charge in [-0.3, -0.25) is 14.4 Å². The minimum absolute atomic E-state index is 0.0129. The highest BCUT2D eigenvalue weighted by Crippen LogP contribution is 2.76. The quantitative estimate of drug-likeness (QED) is 0.00939. The Hall–Kier alpha value is -4.19. The molecule has 13 aliphatic rings. The van der Waals surface area contributed by atoms with Crippen LogP contribution in [0, 0.1) is 62.1 Å². The molecule has 13 rings (SSSR count). The zero-order valence-electron chi connectivity index (χ0n) is 79.6. The predicted octanol–water partition coefficient (Wildman–Crippen LogP) is -5.69. The summed E-state index contributed by atoms with van der Waals surface area (Å²) in [6.45, 7) is 18.6. The Labute approximate surface area is 797 Å². The number of allylic oxidation sites excluding steroid dienone is 2. The molecule has 792 valence electrons. The van der Waals surface area contributed by atoms with Crippen molar-refractivity contribution in [2.45, 2.75) is 437 Å². The van der Waals surface area contributed by atoms with Crippen LogP contribution in [0.5, 0.6) is 0 Å². The third kappa shape index (κ3) is 21.6. The van der Waals surface area contributed by atoms with Gasteiger partial charge in [0.05, 0.1) is 94.0 Å². The highest BCUT2D eigenvalue weighted by molar-refractivity contribution is 5.80. The van der Waals surface area contributed by atoms with E-state index in [2.05, 4.69) is 26.8 Å². The van der Waals surface area contributed by atoms with E-state index in [4.69, 9.17) is 85.3 Å². The molecule has 0 radical (unpaired) electrons. The molecule has 0 aromatic carbocycles. The van der Waals surface area contributed by atoms with Crippen LogP contribution in [-0.2, 0) is 109 Å². The van der Waals surface area contributed by atoms with Crippen LogP contribution in [0.2, 0.25) is 0 Å². The molecule has 5 aliphatic carbocycles. The minimum atomic E-state index is -2.27. The number of carbonyl (C=O) groups excluding carboxylic acids is 4. The lowest BCUT2D eigenvalue weighted by Gasteiger charge is -2.71. The van der Waals surface area contributed by atoms with Crippen molar-refractivity contribution in [3.63, 3.8) is 0 Å². The molecule has 23 N–H and O–H groups in total. The number of aliphatic hydroxyl groups excluding tert-OH is 22. The van der Waals surface area contributed by atoms with E-state index >= 15 is 4.79 Å². The topological polar surface area (TPSA) is 717 Å². The van der Waals surface area contributed by atoms with E-state index < -0.39 is 378 Å². The molecule has 8 aliphatic heterocycles. The second-order valence-electron chi connectivity index (χ2n) is 42.5. The van der Waals surface area contributed by atoms with E-state index in [1.54, 1.807) is 27.7 Å². The van der Waals surface area contributed by atoms with Gasteiger partial charge in [0, 0.05) is 12.8 Å². The van der Waals surface area contributed by atoms with E-state index in [-0.39, 0.29) is 43.9 Å². The fourth-order valence-electron chi connectivity index (χ4n) is 24.1. The Balaban J connectivity index is 0.748. The van der Waals surface area contributed by atoms with Crippen LogP contribution in [0.25, 0.3) is 0 Å². The first-order chi connectivity index (χ1) is 64.8. The Kier molecular flexibility index (Phi) is 35.8. The fourth-order valence-corrected chi connectivity index (χ4v) is 24.1. The predicted molar refractivity (Wildman–Crippen MR) is 458 cm³/mol. The first kappa shape index (κ1) is 111. The van der Waals surface area contributed by atoms with Gasteiger partial charge in [0.2, 0.25) is 6.29 Å². The molecule has 0 bridgehead atoms. The molecule has 0 aromatic rings. The van der Waals surface area contributed by atoms with Gasteiger partial charge < -0.3 is 208 Å². The van der Waals surface area contributed by atoms with Crippen molar-refractivity contribution in [1.82, 2.24) is 0 Å². The second kappa shape index (κ2) is 44.5. The van der Waals surface area contributed by atoms with Crippen LogP contribution in [0.4, 0.5) is 0 Å². The number of ether oxygens (including phenoxy) is 18. The third-order valence-corrected chi connectivity index (χ3v) is 33.2. The molecule has 12 fully saturated rings. The largest absolute Gasteiger partial charge is 0.479 e. The number of aliphatic hydroxyl groups is 22. The molecular weight excluding hydrogens is 1840 g/mol. The van der Waals surface area contributed by atoms with Gasteiger partial charge in [-0.2, -0.15) is 0 Å². The van der Waals surface area contributed by atoms with E-state index in [9.17, 15) is 137 Å². The molecule has 8 saturated heterocycles. The van der Waals surface area contributed by atoms with E-state index in [0.29, 0.717) is 51.4 Å². The summed E-state index contributed by atoms with van der Waals surface area (Å²) in [5.41, 5.74) is -5.53. The normalized spacial score (nSPS) is 48.8. The van der Waals surface area contributed by atoms with Crippen molar-refractivity contribution in [2.24, 2.45) is 62.1 Å². The summed E-state index contributed by atoms with van der Waals surface area (Å²) in [7, 11) is 0. The average molecular weight is 1990 g/mol. The maximum Gasteiger partial charge on any atom is 0.335 e. The van der Waals surface area contributed by atoms with Crippen molar-refractivity contribution >= 4 is 30.2 Å². The van der Waals surface area contributed by atoms with Crippen molar-refractivity contribution in [1.29, 1.82) is 0 Å². The van der Waals surface area contributed by atoms with Crippen molar-refractivity contribution in [3.8, 4) is 0 Å². The van der Waals surface area contributed by atoms with Gasteiger partial charge in [-0.1, -0.05) is 93.7 Å². The molecular formula is C92H148O46. The fraction of sp³-hybridized carbons (Fsp3) is 0.924. The minimum Gasteiger partial charge on any atom is -0.479 e. The van der Waals surface area contributed by atoms with E-state index in [1.807, 2.05) is 20.8 Å². The summed E-state index contributed by atoms with van der Waals surface area (Å²) < 4.78 is 108. The molecule has 46 nitrogen and oxygen atoms in total. The lowest BCUT2D eigenvalue weighted by atomic mass is 9.33. The average Bonchev–Trinajstić information content (AvgIpc) is 0.703. The molecule has 0 spiro atoms. The summed E-state index contributed by atoms with van der Waals surface area (Å²) in [5.74, 6) is -7.25. The van der Waals surface area contributed by atoms with Crippen LogP contribution in [-0.4, -0.2) is 439 Å². The lowest BCUT2D eigenvalue weighted by molar-refractivity contribution is -0.391. The van der Waals surface area contributed by atoms with Crippen molar-refractivity contribution < 1.29 is 227 Å². The number of esters is 3. The van der Waals surface area contributed by atoms with E-state index in [1.165, 1.54) is 13.8 Å². The number of aliphatic carboxylic acids is 1. The van der Waals surface area contributed by atoms with Gasteiger partial charge in [-0.25, -0.2) is 4.79 Å². The molecule has 18 unspecified atom stereocenters. The van der Waals surface area contributed by atoms with Crippen LogP contribution in [0.1, 0.15) is 179 Å². The molecule has 8 heterocycles. The Bertz CT molecular complexity index is 4080. The summed E-state index contributed by atoms with van der Waals surface area (Å²) in [4.78, 5) is 72.1. The number of hydrogen-bond acceptors (Lipinski definition) is 45. The Morgan fingerprint density at radius 1 is 0.471 bits per heavy atom. The van der Waals surface area contributed by atoms with Gasteiger partial charge in [-0.05, 0) is 123 Å². The highest BCUT2D eigenvalue weighted by Gasteiger charge is 2.74. The standard InChI is InChI=1S/C92H148O46/c1-13-35(3)46(126-54(102)25-40(97)24-47(36(4)14-2)127-82-64(112)59(107)49(30-94)128-82)23-39(96)26-55(103)131-71-38(6)125-84(75(67(71)115)136-81-66(114)61(109)70(37(5)124-81)132-80-69(117)72(45(100)33-123-80)133-78-62(110)56(104)43(98)31-121-78)138-86(120)92-22-21-87(7,8)27-42(92)41-15-16-51-88(9)19-18-53(89(10,34-95)50(88)17-20-90(51,11)91(41,12)28-52(92)101)130-85-76(137-83-65(113)60(108)58(106)48(29-93)129-83)73(68(116)74(135-85)77(118)119)134-79-63(111)57(105)44(99)32-122-79/h15,34-40,42-53,56-76,78-85,93-94,96-101,104-117H,13-14,16-33H2,1-12H3,(H,118,119)/t35-,36-,37?,38?,39-,40-,42?,43?,44+,45?,46-,47-,48?,49-,50?,51?,52+,53-,56-,57-,58-,59?,60-,61?,62?,63?,64?,65?,66-,67?,68-,69?,70-,71+,72-,73-,74?,75+,76?,78-,79-,80-,81-,82+,83-,84-,85+,88-,89-,90+,91+,92+/m0/s1. The smallest absolute Gasteiger partial charge is 0.335 e. The molecule has 4 saturated carbocycles. The Morgan fingerprint density at radius 3 is 1.58 bits per heavy atom. The highest BCUT2D eigenvalue weighted by atomic mass is 16.8. The zero-order chi connectivity index (χ0) is 101. The summed E-state index contributed by atoms with van der Waals surface area (Å²) in [5, 5.41) is 256. The third-order valence-electron chi connectivity index (χ3n) is 33.2. The zero-order valence-corrected chi connectivity index (χ0v) is 79.6. The monoisotopic (exact) mass is 1990 g/mol. The Morgan fingerprint density at radius 2 is 0.978 bits per heavy atom. The van der Waals surface area contributed by atoms with Crippen LogP contribution in [0.3, 0.4) is 0 Å². The molecule has 0 aromatic heterocycles. The molecule has 46 heteroatoms.